The maximum Gasteiger partial charge on any atom is 0.546 e. The van der Waals surface area contributed by atoms with Crippen LogP contribution in [-0.4, -0.2) is 9.91 Å². The molecule has 0 radical (unpaired) electrons. The molecule has 0 spiro atoms. The highest BCUT2D eigenvalue weighted by Crippen LogP contribution is 2.23. The standard InChI is InChI=1S/C7H3BrN2O3/c8-4-1-2-5-6(3-4)13-7(9-5)10(11)12/h1-3H. The zero-order valence-electron chi connectivity index (χ0n) is 6.23. The first-order valence-electron chi connectivity index (χ1n) is 3.37. The minimum Gasteiger partial charge on any atom is -0.381 e. The molecule has 0 fully saturated rings. The molecule has 0 aliphatic heterocycles. The summed E-state index contributed by atoms with van der Waals surface area (Å²) in [5, 5.41) is 10.3. The number of nitrogens with zero attached hydrogens (tertiary/aromatic N) is 2. The van der Waals surface area contributed by atoms with E-state index in [9.17, 15) is 10.1 Å². The van der Waals surface area contributed by atoms with Crippen LogP contribution in [0.25, 0.3) is 11.1 Å². The van der Waals surface area contributed by atoms with Gasteiger partial charge in [-0.1, -0.05) is 15.9 Å². The summed E-state index contributed by atoms with van der Waals surface area (Å²) in [5.74, 6) is 0. The molecule has 0 saturated heterocycles. The Morgan fingerprint density at radius 1 is 1.54 bits per heavy atom. The van der Waals surface area contributed by atoms with Crippen molar-refractivity contribution in [2.24, 2.45) is 0 Å². The summed E-state index contributed by atoms with van der Waals surface area (Å²) in [5.41, 5.74) is 0.885. The number of benzene rings is 1. The molecule has 0 bridgehead atoms. The number of hydrogen-bond donors (Lipinski definition) is 0. The van der Waals surface area contributed by atoms with Gasteiger partial charge in [0.15, 0.2) is 5.58 Å². The fourth-order valence-electron chi connectivity index (χ4n) is 0.964. The second kappa shape index (κ2) is 2.81. The Bertz CT molecular complexity index is 480. The van der Waals surface area contributed by atoms with Crippen LogP contribution in [0.3, 0.4) is 0 Å². The van der Waals surface area contributed by atoms with Crippen LogP contribution in [0.1, 0.15) is 0 Å². The van der Waals surface area contributed by atoms with Gasteiger partial charge in [0.2, 0.25) is 5.52 Å². The zero-order valence-corrected chi connectivity index (χ0v) is 7.82. The van der Waals surface area contributed by atoms with Crippen LogP contribution in [0.2, 0.25) is 0 Å². The van der Waals surface area contributed by atoms with E-state index in [1.807, 2.05) is 0 Å². The second-order valence-corrected chi connectivity index (χ2v) is 3.28. The normalized spacial score (nSPS) is 10.5. The molecule has 0 atom stereocenters. The van der Waals surface area contributed by atoms with Crippen LogP contribution in [0.5, 0.6) is 0 Å². The topological polar surface area (TPSA) is 69.2 Å². The molecule has 0 aliphatic rings. The van der Waals surface area contributed by atoms with Crippen molar-refractivity contribution in [1.82, 2.24) is 4.98 Å². The molecule has 1 aromatic carbocycles. The molecule has 13 heavy (non-hydrogen) atoms. The van der Waals surface area contributed by atoms with Gasteiger partial charge in [-0.15, -0.1) is 0 Å². The van der Waals surface area contributed by atoms with E-state index in [0.717, 1.165) is 4.47 Å². The first kappa shape index (κ1) is 8.18. The largest absolute Gasteiger partial charge is 0.546 e. The summed E-state index contributed by atoms with van der Waals surface area (Å²) >= 11 is 3.22. The number of fused-ring (bicyclic) bond motifs is 1. The molecule has 2 aromatic rings. The number of halogens is 1. The lowest BCUT2D eigenvalue weighted by molar-refractivity contribution is -0.406. The Hall–Kier alpha value is -1.43. The van der Waals surface area contributed by atoms with Gasteiger partial charge < -0.3 is 14.5 Å². The van der Waals surface area contributed by atoms with E-state index in [0.29, 0.717) is 11.1 Å². The van der Waals surface area contributed by atoms with Gasteiger partial charge >= 0.3 is 6.01 Å². The molecular weight excluding hydrogens is 240 g/mol. The Labute approximate surface area is 80.6 Å². The zero-order chi connectivity index (χ0) is 9.42. The van der Waals surface area contributed by atoms with E-state index in [1.165, 1.54) is 0 Å². The van der Waals surface area contributed by atoms with E-state index in [2.05, 4.69) is 20.9 Å². The third-order valence-electron chi connectivity index (χ3n) is 1.50. The summed E-state index contributed by atoms with van der Waals surface area (Å²) in [4.78, 5) is 13.3. The van der Waals surface area contributed by atoms with Crippen molar-refractivity contribution in [3.63, 3.8) is 0 Å². The highest BCUT2D eigenvalue weighted by Gasteiger charge is 2.16. The van der Waals surface area contributed by atoms with Gasteiger partial charge in [0.25, 0.3) is 0 Å². The molecule has 2 rings (SSSR count). The predicted molar refractivity (Wildman–Crippen MR) is 48.4 cm³/mol. The Morgan fingerprint density at radius 3 is 3.00 bits per heavy atom. The SMILES string of the molecule is O=[N+]([O-])c1nc2ccc(Br)cc2o1. The second-order valence-electron chi connectivity index (χ2n) is 2.37. The number of rotatable bonds is 1. The van der Waals surface area contributed by atoms with Gasteiger partial charge in [-0.3, -0.25) is 0 Å². The van der Waals surface area contributed by atoms with Crippen molar-refractivity contribution in [3.05, 3.63) is 32.8 Å². The third kappa shape index (κ3) is 1.40. The molecule has 6 heteroatoms. The molecule has 0 N–H and O–H groups in total. The van der Waals surface area contributed by atoms with Crippen LogP contribution in [-0.2, 0) is 0 Å². The fourth-order valence-corrected chi connectivity index (χ4v) is 1.30. The van der Waals surface area contributed by atoms with Crippen LogP contribution in [0.15, 0.2) is 27.1 Å². The van der Waals surface area contributed by atoms with Crippen molar-refractivity contribution in [3.8, 4) is 0 Å². The summed E-state index contributed by atoms with van der Waals surface area (Å²) < 4.78 is 5.67. The van der Waals surface area contributed by atoms with Gasteiger partial charge in [-0.2, -0.15) is 0 Å². The fraction of sp³-hybridized carbons (Fsp3) is 0. The van der Waals surface area contributed by atoms with E-state index in [1.54, 1.807) is 18.2 Å². The molecule has 0 aliphatic carbocycles. The van der Waals surface area contributed by atoms with Crippen LogP contribution >= 0.6 is 15.9 Å². The first-order valence-corrected chi connectivity index (χ1v) is 4.16. The Kier molecular flexibility index (Phi) is 1.77. The number of hydrogen-bond acceptors (Lipinski definition) is 4. The average Bonchev–Trinajstić information content (AvgIpc) is 2.46. The minimum atomic E-state index is -0.659. The van der Waals surface area contributed by atoms with Gasteiger partial charge in [0, 0.05) is 14.4 Å². The molecule has 1 heterocycles. The molecule has 0 saturated carbocycles. The van der Waals surface area contributed by atoms with Gasteiger partial charge in [0.05, 0.1) is 0 Å². The lowest BCUT2D eigenvalue weighted by atomic mass is 10.3. The summed E-state index contributed by atoms with van der Waals surface area (Å²) in [6.07, 6.45) is 0. The predicted octanol–water partition coefficient (Wildman–Crippen LogP) is 2.50. The van der Waals surface area contributed by atoms with Gasteiger partial charge in [-0.05, 0) is 18.2 Å². The number of oxazole rings is 1. The van der Waals surface area contributed by atoms with E-state index in [-0.39, 0.29) is 0 Å². The van der Waals surface area contributed by atoms with Crippen LogP contribution < -0.4 is 0 Å². The summed E-state index contributed by atoms with van der Waals surface area (Å²) in [7, 11) is 0. The molecule has 1 aromatic heterocycles. The van der Waals surface area contributed by atoms with Crippen molar-refractivity contribution in [2.75, 3.05) is 0 Å². The summed E-state index contributed by atoms with van der Waals surface area (Å²) in [6.45, 7) is 0. The van der Waals surface area contributed by atoms with Gasteiger partial charge in [0.1, 0.15) is 0 Å². The first-order chi connectivity index (χ1) is 6.16. The van der Waals surface area contributed by atoms with Crippen molar-refractivity contribution in [1.29, 1.82) is 0 Å². The van der Waals surface area contributed by atoms with Crippen LogP contribution in [0, 0.1) is 10.1 Å². The quantitative estimate of drug-likeness (QED) is 0.569. The van der Waals surface area contributed by atoms with Crippen molar-refractivity contribution in [2.45, 2.75) is 0 Å². The van der Waals surface area contributed by atoms with Gasteiger partial charge in [-0.25, -0.2) is 0 Å². The molecule has 66 valence electrons. The number of nitro groups is 1. The Balaban J connectivity index is 2.68. The lowest BCUT2D eigenvalue weighted by Gasteiger charge is -1.84. The van der Waals surface area contributed by atoms with Crippen molar-refractivity contribution < 1.29 is 9.34 Å². The highest BCUT2D eigenvalue weighted by atomic mass is 79.9. The maximum atomic E-state index is 10.3. The smallest absolute Gasteiger partial charge is 0.381 e. The molecular formula is C7H3BrN2O3. The van der Waals surface area contributed by atoms with Crippen molar-refractivity contribution >= 4 is 33.0 Å². The van der Waals surface area contributed by atoms with E-state index >= 15 is 0 Å². The Morgan fingerprint density at radius 2 is 2.31 bits per heavy atom. The highest BCUT2D eigenvalue weighted by molar-refractivity contribution is 9.10. The minimum absolute atomic E-state index is 0.404. The summed E-state index contributed by atoms with van der Waals surface area (Å²) in [6, 6.07) is 4.55. The average molecular weight is 243 g/mol. The van der Waals surface area contributed by atoms with E-state index in [4.69, 9.17) is 4.42 Å². The third-order valence-corrected chi connectivity index (χ3v) is 1.99. The molecule has 0 amide bonds. The number of aromatic nitrogens is 1. The van der Waals surface area contributed by atoms with E-state index < -0.39 is 10.9 Å². The van der Waals surface area contributed by atoms with Crippen LogP contribution in [0.4, 0.5) is 6.01 Å². The molecule has 5 nitrogen and oxygen atoms in total. The maximum absolute atomic E-state index is 10.3. The lowest BCUT2D eigenvalue weighted by Crippen LogP contribution is -1.85. The monoisotopic (exact) mass is 242 g/mol. The molecule has 0 unspecified atom stereocenters.